The van der Waals surface area contributed by atoms with Gasteiger partial charge in [-0.25, -0.2) is 0 Å². The van der Waals surface area contributed by atoms with E-state index in [1.165, 1.54) is 0 Å². The van der Waals surface area contributed by atoms with Crippen LogP contribution in [0.2, 0.25) is 0 Å². The maximum Gasteiger partial charge on any atom is 0.225 e. The predicted octanol–water partition coefficient (Wildman–Crippen LogP) is 0.675. The molecule has 2 amide bonds. The van der Waals surface area contributed by atoms with Gasteiger partial charge in [0.25, 0.3) is 0 Å². The Morgan fingerprint density at radius 1 is 1.53 bits per heavy atom. The molecule has 1 heterocycles. The van der Waals surface area contributed by atoms with Gasteiger partial charge in [-0.05, 0) is 5.92 Å². The molecule has 1 saturated heterocycles. The second-order valence-corrected chi connectivity index (χ2v) is 4.13. The lowest BCUT2D eigenvalue weighted by Crippen LogP contribution is -2.35. The molecule has 86 valence electrons. The Kier molecular flexibility index (Phi) is 4.59. The van der Waals surface area contributed by atoms with E-state index in [0.29, 0.717) is 18.9 Å². The highest BCUT2D eigenvalue weighted by molar-refractivity contribution is 5.89. The van der Waals surface area contributed by atoms with E-state index in [-0.39, 0.29) is 17.7 Å². The van der Waals surface area contributed by atoms with E-state index in [4.69, 9.17) is 0 Å². The Morgan fingerprint density at radius 3 is 2.67 bits per heavy atom. The van der Waals surface area contributed by atoms with Gasteiger partial charge < -0.3 is 10.6 Å². The first-order valence-electron chi connectivity index (χ1n) is 5.71. The van der Waals surface area contributed by atoms with Crippen LogP contribution in [0.3, 0.4) is 0 Å². The molecule has 0 spiro atoms. The van der Waals surface area contributed by atoms with Gasteiger partial charge in [-0.15, -0.1) is 0 Å². The molecule has 1 rings (SSSR count). The lowest BCUT2D eigenvalue weighted by atomic mass is 10.0. The summed E-state index contributed by atoms with van der Waals surface area (Å²) in [7, 11) is 0. The highest BCUT2D eigenvalue weighted by atomic mass is 16.2. The smallest absolute Gasteiger partial charge is 0.225 e. The molecule has 1 unspecified atom stereocenters. The van der Waals surface area contributed by atoms with Gasteiger partial charge in [0, 0.05) is 19.5 Å². The van der Waals surface area contributed by atoms with Crippen molar-refractivity contribution in [2.75, 3.05) is 13.1 Å². The Morgan fingerprint density at radius 2 is 2.20 bits per heavy atom. The zero-order valence-corrected chi connectivity index (χ0v) is 9.51. The second-order valence-electron chi connectivity index (χ2n) is 4.13. The van der Waals surface area contributed by atoms with Gasteiger partial charge in [0.1, 0.15) is 0 Å². The van der Waals surface area contributed by atoms with Crippen LogP contribution in [-0.2, 0) is 9.59 Å². The number of hydrogen-bond acceptors (Lipinski definition) is 2. The van der Waals surface area contributed by atoms with Crippen LogP contribution in [0.25, 0.3) is 0 Å². The van der Waals surface area contributed by atoms with E-state index in [0.717, 1.165) is 19.4 Å². The van der Waals surface area contributed by atoms with E-state index in [1.54, 1.807) is 0 Å². The molecule has 1 atom stereocenters. The van der Waals surface area contributed by atoms with Crippen LogP contribution < -0.4 is 10.6 Å². The second kappa shape index (κ2) is 5.73. The molecule has 0 aromatic carbocycles. The Labute approximate surface area is 90.8 Å². The molecule has 0 radical (unpaired) electrons. The van der Waals surface area contributed by atoms with E-state index in [1.807, 2.05) is 0 Å². The van der Waals surface area contributed by atoms with Crippen molar-refractivity contribution in [3.05, 3.63) is 0 Å². The minimum Gasteiger partial charge on any atom is -0.356 e. The van der Waals surface area contributed by atoms with Crippen LogP contribution in [0.5, 0.6) is 0 Å². The summed E-state index contributed by atoms with van der Waals surface area (Å²) in [6, 6.07) is 0. The molecule has 0 aliphatic carbocycles. The Bertz CT molecular complexity index is 237. The predicted molar refractivity (Wildman–Crippen MR) is 58.2 cm³/mol. The van der Waals surface area contributed by atoms with Crippen molar-refractivity contribution < 1.29 is 9.59 Å². The largest absolute Gasteiger partial charge is 0.356 e. The number of carbonyl (C=O) groups excluding carboxylic acids is 2. The first kappa shape index (κ1) is 12.0. The summed E-state index contributed by atoms with van der Waals surface area (Å²) in [6.45, 7) is 5.48. The van der Waals surface area contributed by atoms with Crippen LogP contribution in [0, 0.1) is 11.8 Å². The quantitative estimate of drug-likeness (QED) is 0.704. The standard InChI is InChI=1S/C11H20N2O2/c1-3-8(4-2)6-13-11(15)9-5-10(14)12-7-9/h8-9H,3-7H2,1-2H3,(H,12,14)(H,13,15). The minimum atomic E-state index is -0.160. The average Bonchev–Trinajstić information content (AvgIpc) is 2.66. The van der Waals surface area contributed by atoms with Crippen molar-refractivity contribution in [3.63, 3.8) is 0 Å². The molecule has 0 saturated carbocycles. The minimum absolute atomic E-state index is 0.0141. The third kappa shape index (κ3) is 3.53. The summed E-state index contributed by atoms with van der Waals surface area (Å²) < 4.78 is 0. The lowest BCUT2D eigenvalue weighted by Gasteiger charge is -2.15. The fourth-order valence-electron chi connectivity index (χ4n) is 1.76. The molecule has 15 heavy (non-hydrogen) atoms. The first-order chi connectivity index (χ1) is 7.17. The van der Waals surface area contributed by atoms with Crippen molar-refractivity contribution in [1.29, 1.82) is 0 Å². The lowest BCUT2D eigenvalue weighted by molar-refractivity contribution is -0.126. The maximum absolute atomic E-state index is 11.6. The molecule has 1 aliphatic rings. The summed E-state index contributed by atoms with van der Waals surface area (Å²) in [6.07, 6.45) is 2.51. The molecule has 1 aliphatic heterocycles. The summed E-state index contributed by atoms with van der Waals surface area (Å²) in [5.41, 5.74) is 0. The van der Waals surface area contributed by atoms with Crippen LogP contribution in [-0.4, -0.2) is 24.9 Å². The van der Waals surface area contributed by atoms with Crippen LogP contribution >= 0.6 is 0 Å². The molecular formula is C11H20N2O2. The normalized spacial score (nSPS) is 20.5. The summed E-state index contributed by atoms with van der Waals surface area (Å²) in [5.74, 6) is 0.392. The monoisotopic (exact) mass is 212 g/mol. The van der Waals surface area contributed by atoms with E-state index in [9.17, 15) is 9.59 Å². The zero-order valence-electron chi connectivity index (χ0n) is 9.51. The zero-order chi connectivity index (χ0) is 11.3. The number of rotatable bonds is 5. The fourth-order valence-corrected chi connectivity index (χ4v) is 1.76. The fraction of sp³-hybridized carbons (Fsp3) is 0.818. The number of nitrogens with one attached hydrogen (secondary N) is 2. The molecule has 0 bridgehead atoms. The summed E-state index contributed by atoms with van der Waals surface area (Å²) in [4.78, 5) is 22.5. The SMILES string of the molecule is CCC(CC)CNC(=O)C1CNC(=O)C1. The van der Waals surface area contributed by atoms with Crippen molar-refractivity contribution in [1.82, 2.24) is 10.6 Å². The molecular weight excluding hydrogens is 192 g/mol. The van der Waals surface area contributed by atoms with Gasteiger partial charge in [0.05, 0.1) is 5.92 Å². The van der Waals surface area contributed by atoms with Crippen molar-refractivity contribution in [2.24, 2.45) is 11.8 Å². The highest BCUT2D eigenvalue weighted by Gasteiger charge is 2.27. The van der Waals surface area contributed by atoms with E-state index in [2.05, 4.69) is 24.5 Å². The molecule has 4 nitrogen and oxygen atoms in total. The van der Waals surface area contributed by atoms with Crippen LogP contribution in [0.4, 0.5) is 0 Å². The van der Waals surface area contributed by atoms with Crippen LogP contribution in [0.1, 0.15) is 33.1 Å². The summed E-state index contributed by atoms with van der Waals surface area (Å²) >= 11 is 0. The number of hydrogen-bond donors (Lipinski definition) is 2. The van der Waals surface area contributed by atoms with E-state index < -0.39 is 0 Å². The van der Waals surface area contributed by atoms with Gasteiger partial charge in [-0.1, -0.05) is 26.7 Å². The third-order valence-corrected chi connectivity index (χ3v) is 3.07. The first-order valence-corrected chi connectivity index (χ1v) is 5.71. The van der Waals surface area contributed by atoms with Crippen LogP contribution in [0.15, 0.2) is 0 Å². The molecule has 2 N–H and O–H groups in total. The number of amides is 2. The topological polar surface area (TPSA) is 58.2 Å². The third-order valence-electron chi connectivity index (χ3n) is 3.07. The molecule has 0 aromatic heterocycles. The van der Waals surface area contributed by atoms with Gasteiger partial charge in [-0.3, -0.25) is 9.59 Å². The molecule has 0 aromatic rings. The van der Waals surface area contributed by atoms with Crippen molar-refractivity contribution in [2.45, 2.75) is 33.1 Å². The Hall–Kier alpha value is -1.06. The van der Waals surface area contributed by atoms with Gasteiger partial charge >= 0.3 is 0 Å². The summed E-state index contributed by atoms with van der Waals surface area (Å²) in [5, 5.41) is 5.58. The van der Waals surface area contributed by atoms with Gasteiger partial charge in [0.15, 0.2) is 0 Å². The molecule has 4 heteroatoms. The van der Waals surface area contributed by atoms with Crippen molar-refractivity contribution >= 4 is 11.8 Å². The van der Waals surface area contributed by atoms with Gasteiger partial charge in [-0.2, -0.15) is 0 Å². The molecule has 1 fully saturated rings. The van der Waals surface area contributed by atoms with Gasteiger partial charge in [0.2, 0.25) is 11.8 Å². The average molecular weight is 212 g/mol. The van der Waals surface area contributed by atoms with Crippen molar-refractivity contribution in [3.8, 4) is 0 Å². The Balaban J connectivity index is 2.26. The van der Waals surface area contributed by atoms with E-state index >= 15 is 0 Å². The maximum atomic E-state index is 11.6. The highest BCUT2D eigenvalue weighted by Crippen LogP contribution is 2.10. The number of carbonyl (C=O) groups is 2.